The van der Waals surface area contributed by atoms with E-state index in [0.29, 0.717) is 53.5 Å². The molecule has 0 radical (unpaired) electrons. The summed E-state index contributed by atoms with van der Waals surface area (Å²) in [5.74, 6) is 0. The van der Waals surface area contributed by atoms with Gasteiger partial charge in [0.25, 0.3) is 44.5 Å². The lowest BCUT2D eigenvalue weighted by atomic mass is 9.92. The first-order valence-corrected chi connectivity index (χ1v) is 26.7. The van der Waals surface area contributed by atoms with Gasteiger partial charge >= 0.3 is 0 Å². The predicted molar refractivity (Wildman–Crippen MR) is 328 cm³/mol. The average Bonchev–Trinajstić information content (AvgIpc) is 0.707. The summed E-state index contributed by atoms with van der Waals surface area (Å²) in [7, 11) is 0. The summed E-state index contributed by atoms with van der Waals surface area (Å²) in [5, 5.41) is -1.35. The molecule has 0 amide bonds. The quantitative estimate of drug-likeness (QED) is 0.0623. The van der Waals surface area contributed by atoms with E-state index in [1.807, 2.05) is 0 Å². The predicted octanol–water partition coefficient (Wildman–Crippen LogP) is 8.83. The molecule has 8 heterocycles. The fourth-order valence-electron chi connectivity index (χ4n) is 13.3. The second-order valence-electron chi connectivity index (χ2n) is 21.1. The number of aromatic amines is 8. The molecule has 0 aliphatic rings. The number of nitrogens with zero attached hydrogens (tertiary/aromatic N) is 4. The number of hydrogen-bond acceptors (Lipinski definition) is 8. The van der Waals surface area contributed by atoms with Crippen LogP contribution in [0.25, 0.3) is 164 Å². The van der Waals surface area contributed by atoms with E-state index in [2.05, 4.69) is 39.9 Å². The minimum atomic E-state index is -1.17. The Kier molecular flexibility index (Phi) is 8.53. The molecule has 0 aliphatic carbocycles. The zero-order chi connectivity index (χ0) is 56.3. The molecule has 398 valence electrons. The summed E-state index contributed by atoms with van der Waals surface area (Å²) >= 11 is 0. The minimum absolute atomic E-state index is 0.0151. The van der Waals surface area contributed by atoms with E-state index < -0.39 is 44.5 Å². The summed E-state index contributed by atoms with van der Waals surface area (Å²) in [4.78, 5) is 155. The molecular formula is C64H34N12O8. The van der Waals surface area contributed by atoms with E-state index in [9.17, 15) is 0 Å². The van der Waals surface area contributed by atoms with Crippen LogP contribution >= 0.6 is 0 Å². The van der Waals surface area contributed by atoms with Crippen molar-refractivity contribution in [1.82, 2.24) is 58.4 Å². The molecule has 8 N–H and O–H groups in total. The molecule has 8 aromatic heterocycles. The van der Waals surface area contributed by atoms with Crippen molar-refractivity contribution in [2.75, 3.05) is 0 Å². The van der Waals surface area contributed by atoms with E-state index in [1.54, 1.807) is 158 Å². The molecule has 0 atom stereocenters. The number of para-hydroxylation sites is 10. The van der Waals surface area contributed by atoms with Crippen LogP contribution in [0.15, 0.2) is 196 Å². The zero-order valence-corrected chi connectivity index (χ0v) is 43.1. The lowest BCUT2D eigenvalue weighted by Gasteiger charge is -2.21. The van der Waals surface area contributed by atoms with Crippen LogP contribution in [0.1, 0.15) is 0 Å². The van der Waals surface area contributed by atoms with Crippen LogP contribution < -0.4 is 44.5 Å². The Labute approximate surface area is 461 Å². The third-order valence-electron chi connectivity index (χ3n) is 16.8. The molecule has 0 spiro atoms. The number of fused-ring (bicyclic) bond motifs is 16. The smallest absolute Gasteiger partial charge is 0.283 e. The number of rotatable bonds is 3. The van der Waals surface area contributed by atoms with Gasteiger partial charge in [-0.3, -0.25) is 38.4 Å². The number of nitrogens with one attached hydrogen (secondary N) is 8. The first kappa shape index (κ1) is 45.5. The Morgan fingerprint density at radius 2 is 0.357 bits per heavy atom. The summed E-state index contributed by atoms with van der Waals surface area (Å²) in [6.45, 7) is 0. The van der Waals surface area contributed by atoms with Crippen molar-refractivity contribution in [1.29, 1.82) is 0 Å². The second-order valence-corrected chi connectivity index (χ2v) is 21.1. The van der Waals surface area contributed by atoms with Gasteiger partial charge in [0.15, 0.2) is 0 Å². The molecule has 0 fully saturated rings. The van der Waals surface area contributed by atoms with Gasteiger partial charge < -0.3 is 39.9 Å². The molecule has 0 aliphatic heterocycles. The van der Waals surface area contributed by atoms with Crippen molar-refractivity contribution in [2.24, 2.45) is 0 Å². The monoisotopic (exact) mass is 1100 g/mol. The average molecular weight is 1100 g/mol. The van der Waals surface area contributed by atoms with Crippen molar-refractivity contribution in [3.63, 3.8) is 0 Å². The number of pyridine rings is 4. The van der Waals surface area contributed by atoms with Gasteiger partial charge in [-0.05, 0) is 72.8 Å². The third-order valence-corrected chi connectivity index (χ3v) is 16.8. The van der Waals surface area contributed by atoms with Gasteiger partial charge in [0.05, 0.1) is 143 Å². The molecule has 20 heteroatoms. The lowest BCUT2D eigenvalue weighted by molar-refractivity contribution is 0.582. The van der Waals surface area contributed by atoms with Gasteiger partial charge in [-0.2, -0.15) is 9.35 Å². The van der Waals surface area contributed by atoms with Crippen molar-refractivity contribution >= 4 is 153 Å². The summed E-state index contributed by atoms with van der Waals surface area (Å²) in [5.41, 5.74) is -2.84. The molecule has 0 saturated carbocycles. The highest BCUT2D eigenvalue weighted by Gasteiger charge is 2.34. The van der Waals surface area contributed by atoms with Gasteiger partial charge in [-0.1, -0.05) is 84.9 Å². The van der Waals surface area contributed by atoms with Crippen LogP contribution in [0.5, 0.6) is 0 Å². The maximum atomic E-state index is 16.5. The van der Waals surface area contributed by atoms with E-state index in [-0.39, 0.29) is 120 Å². The fourth-order valence-corrected chi connectivity index (χ4v) is 13.3. The van der Waals surface area contributed by atoms with Crippen LogP contribution in [0.4, 0.5) is 0 Å². The highest BCUT2D eigenvalue weighted by atomic mass is 16.2. The van der Waals surface area contributed by atoms with Crippen LogP contribution in [0.3, 0.4) is 0 Å². The highest BCUT2D eigenvalue weighted by molar-refractivity contribution is 6.40. The summed E-state index contributed by atoms with van der Waals surface area (Å²) in [6, 6.07) is 45.1. The van der Waals surface area contributed by atoms with Crippen molar-refractivity contribution in [2.45, 2.75) is 0 Å². The normalized spacial score (nSPS) is 12.4. The molecule has 84 heavy (non-hydrogen) atoms. The molecule has 0 unspecified atom stereocenters. The zero-order valence-electron chi connectivity index (χ0n) is 43.1. The van der Waals surface area contributed by atoms with Gasteiger partial charge in [0.2, 0.25) is 0 Å². The Bertz CT molecular complexity index is 5930. The molecule has 18 rings (SSSR count). The SMILES string of the molecule is O=c1c2c3[nH]c4ccccc4[nH]c3c3c(=O)n(-n4c(=O)c5c6[nH]c7ccccc7[nH]c6c6c(=O)n(-c7ccccc7)c(=O)c7c8[nH]c9ccccc9[nH]c8c(c4=O)c5c67)c(=O)c4c5[nH]c6ccccc6[nH]c5c(c(=O)n1-c1ccccc1)c2c34. The Balaban J connectivity index is 1.14. The fraction of sp³-hybridized carbons (Fsp3) is 0. The van der Waals surface area contributed by atoms with Gasteiger partial charge in [0, 0.05) is 21.5 Å². The molecule has 18 aromatic rings. The first-order valence-electron chi connectivity index (χ1n) is 26.7. The Morgan fingerprint density at radius 3 is 0.548 bits per heavy atom. The molecule has 0 saturated heterocycles. The van der Waals surface area contributed by atoms with E-state index in [1.165, 1.54) is 0 Å². The third kappa shape index (κ3) is 5.54. The van der Waals surface area contributed by atoms with Gasteiger partial charge in [-0.15, -0.1) is 0 Å². The lowest BCUT2D eigenvalue weighted by Crippen LogP contribution is -2.49. The molecular weight excluding hydrogens is 1060 g/mol. The molecule has 10 aromatic carbocycles. The summed E-state index contributed by atoms with van der Waals surface area (Å²) in [6.07, 6.45) is 0. The summed E-state index contributed by atoms with van der Waals surface area (Å²) < 4.78 is 3.15. The number of aromatic nitrogens is 12. The second kappa shape index (κ2) is 15.7. The molecule has 20 nitrogen and oxygen atoms in total. The van der Waals surface area contributed by atoms with Crippen molar-refractivity contribution in [3.05, 3.63) is 241 Å². The Morgan fingerprint density at radius 1 is 0.190 bits per heavy atom. The van der Waals surface area contributed by atoms with Crippen molar-refractivity contribution in [3.8, 4) is 11.4 Å². The van der Waals surface area contributed by atoms with E-state index >= 15 is 38.4 Å². The maximum Gasteiger partial charge on any atom is 0.283 e. The van der Waals surface area contributed by atoms with Crippen molar-refractivity contribution < 1.29 is 0 Å². The number of H-pyrrole nitrogens is 8. The number of hydrogen-bond donors (Lipinski definition) is 8. The highest BCUT2D eigenvalue weighted by Crippen LogP contribution is 2.42. The van der Waals surface area contributed by atoms with Crippen LogP contribution in [-0.2, 0) is 0 Å². The van der Waals surface area contributed by atoms with E-state index in [4.69, 9.17) is 0 Å². The Hall–Kier alpha value is -12.3. The van der Waals surface area contributed by atoms with Crippen LogP contribution in [0.2, 0.25) is 0 Å². The molecule has 0 bridgehead atoms. The van der Waals surface area contributed by atoms with E-state index in [0.717, 1.165) is 9.13 Å². The van der Waals surface area contributed by atoms with Crippen LogP contribution in [0, 0.1) is 0 Å². The van der Waals surface area contributed by atoms with Crippen LogP contribution in [-0.4, -0.2) is 58.4 Å². The van der Waals surface area contributed by atoms with Gasteiger partial charge in [0.1, 0.15) is 0 Å². The topological polar surface area (TPSA) is 283 Å². The first-order chi connectivity index (χ1) is 41.0. The largest absolute Gasteiger partial charge is 0.351 e. The maximum absolute atomic E-state index is 16.5. The minimum Gasteiger partial charge on any atom is -0.351 e. The van der Waals surface area contributed by atoms with Gasteiger partial charge in [-0.25, -0.2) is 9.13 Å². The number of benzene rings is 10. The standard InChI is InChI=1S/C64H34N12O8/c77-57-41-37-39-45(53-49(41)65-29-19-7-11-23-33(29)69-53)61(81)75(62(82)46(39)54-50(66-30-20-8-12-24-34(30)70-54)42(37)58(78)73(57)27-15-3-1-4-16-27)76-63(83)47-40-38-43(51-55(47)71-35-25-13-9-21-31(35)67-51)59(79)74(28-17-5-2-6-18-28)60(80)44(38)52-56(48(40)64(76)84)72-36-26-14-10-22-32(36)68-52/h1-26,65-72H.